The van der Waals surface area contributed by atoms with Crippen molar-refractivity contribution < 1.29 is 78.4 Å². The van der Waals surface area contributed by atoms with Crippen molar-refractivity contribution in [2.24, 2.45) is 0 Å². The fourth-order valence-corrected chi connectivity index (χ4v) is 0. The number of hydrogen-bond donors (Lipinski definition) is 1. The standard InChI is InChI=1S/3ClH.2Na.H3O4P/c;;;;;1-5(2,3)4/h3*1H;;;(H3,1,2,3,4)/q;;;2*+1;/p-2. The summed E-state index contributed by atoms with van der Waals surface area (Å²) in [6.45, 7) is 0. The number of hydrogen-bond acceptors (Lipinski definition) is 3. The van der Waals surface area contributed by atoms with Gasteiger partial charge in [0.15, 0.2) is 0 Å². The first-order valence-electron chi connectivity index (χ1n) is 0.748. The molecular formula is H4Cl3Na2O4P. The normalized spacial score (nSPS) is 5.90. The molecule has 0 unspecified atom stereocenters. The zero-order valence-corrected chi connectivity index (χ0v) is 12.7. The Morgan fingerprint density at radius 2 is 1.00 bits per heavy atom. The van der Waals surface area contributed by atoms with Crippen LogP contribution in [0.3, 0.4) is 0 Å². The van der Waals surface area contributed by atoms with Crippen LogP contribution in [0.1, 0.15) is 0 Å². The average Bonchev–Trinajstić information content (AvgIpc) is 0.722. The van der Waals surface area contributed by atoms with E-state index < -0.39 is 7.82 Å². The maximum absolute atomic E-state index is 8.66. The van der Waals surface area contributed by atoms with Crippen LogP contribution in [0.5, 0.6) is 0 Å². The number of rotatable bonds is 0. The summed E-state index contributed by atoms with van der Waals surface area (Å²) < 4.78 is 8.66. The Labute approximate surface area is 122 Å². The Hall–Kier alpha value is 2.98. The Morgan fingerprint density at radius 3 is 1.00 bits per heavy atom. The van der Waals surface area contributed by atoms with E-state index in [1.54, 1.807) is 0 Å². The second-order valence-corrected chi connectivity index (χ2v) is 1.41. The van der Waals surface area contributed by atoms with Gasteiger partial charge in [-0.15, -0.1) is 37.2 Å². The second-order valence-electron chi connectivity index (χ2n) is 0.469. The van der Waals surface area contributed by atoms with Crippen molar-refractivity contribution in [3.63, 3.8) is 0 Å². The smallest absolute Gasteiger partial charge is 0.790 e. The predicted octanol–water partition coefficient (Wildman–Crippen LogP) is -6.92. The van der Waals surface area contributed by atoms with Gasteiger partial charge in [-0.05, 0) is 0 Å². The molecule has 0 aromatic carbocycles. The molecule has 0 aromatic rings. The van der Waals surface area contributed by atoms with Gasteiger partial charge in [0.2, 0.25) is 0 Å². The Bertz CT molecular complexity index is 64.6. The molecule has 0 aliphatic rings. The monoisotopic (exact) mass is 250 g/mol. The van der Waals surface area contributed by atoms with E-state index in [4.69, 9.17) is 19.2 Å². The van der Waals surface area contributed by atoms with Crippen LogP contribution < -0.4 is 68.9 Å². The van der Waals surface area contributed by atoms with Crippen LogP contribution in [0.15, 0.2) is 0 Å². The molecule has 0 saturated carbocycles. The van der Waals surface area contributed by atoms with E-state index in [2.05, 4.69) is 0 Å². The molecule has 1 N–H and O–H groups in total. The molecule has 0 rings (SSSR count). The zero-order valence-electron chi connectivity index (χ0n) is 5.34. The summed E-state index contributed by atoms with van der Waals surface area (Å²) in [5.41, 5.74) is 0. The third-order valence-corrected chi connectivity index (χ3v) is 0. The van der Waals surface area contributed by atoms with E-state index in [-0.39, 0.29) is 96.3 Å². The molecule has 56 valence electrons. The first-order valence-corrected chi connectivity index (χ1v) is 2.24. The van der Waals surface area contributed by atoms with Gasteiger partial charge in [0, 0.05) is 0 Å². The first kappa shape index (κ1) is 38.2. The molecule has 4 nitrogen and oxygen atoms in total. The van der Waals surface area contributed by atoms with Crippen molar-refractivity contribution in [3.05, 3.63) is 0 Å². The summed E-state index contributed by atoms with van der Waals surface area (Å²) in [7, 11) is -5.14. The summed E-state index contributed by atoms with van der Waals surface area (Å²) in [6.07, 6.45) is 0. The first-order chi connectivity index (χ1) is 2.00. The topological polar surface area (TPSA) is 83.4 Å². The van der Waals surface area contributed by atoms with Crippen LogP contribution in [0.25, 0.3) is 0 Å². The summed E-state index contributed by atoms with van der Waals surface area (Å²) in [6, 6.07) is 0. The zero-order chi connectivity index (χ0) is 4.50. The van der Waals surface area contributed by atoms with Crippen LogP contribution in [0.2, 0.25) is 0 Å². The fourth-order valence-electron chi connectivity index (χ4n) is 0. The van der Waals surface area contributed by atoms with Crippen LogP contribution in [0.4, 0.5) is 0 Å². The minimum atomic E-state index is -5.14. The van der Waals surface area contributed by atoms with Crippen LogP contribution in [0, 0.1) is 0 Å². The fraction of sp³-hybridized carbons (Fsp3) is 0. The van der Waals surface area contributed by atoms with Crippen LogP contribution >= 0.6 is 45.0 Å². The largest absolute Gasteiger partial charge is 1.00 e. The SMILES string of the molecule is Cl.Cl.Cl.O=P([O-])([O-])O.[Na+].[Na+]. The average molecular weight is 251 g/mol. The van der Waals surface area contributed by atoms with Gasteiger partial charge < -0.3 is 19.2 Å². The minimum Gasteiger partial charge on any atom is -0.790 e. The van der Waals surface area contributed by atoms with E-state index in [1.165, 1.54) is 0 Å². The van der Waals surface area contributed by atoms with Crippen molar-refractivity contribution in [1.82, 2.24) is 0 Å². The van der Waals surface area contributed by atoms with Gasteiger partial charge in [-0.3, -0.25) is 0 Å². The molecule has 0 bridgehead atoms. The maximum Gasteiger partial charge on any atom is 1.00 e. The Kier molecular flexibility index (Phi) is 68.5. The van der Waals surface area contributed by atoms with Crippen LogP contribution in [-0.2, 0) is 4.57 Å². The molecular weight excluding hydrogens is 247 g/mol. The summed E-state index contributed by atoms with van der Waals surface area (Å²) in [5.74, 6) is 0. The van der Waals surface area contributed by atoms with Crippen molar-refractivity contribution in [3.8, 4) is 0 Å². The van der Waals surface area contributed by atoms with Crippen LogP contribution in [-0.4, -0.2) is 4.89 Å². The molecule has 0 fully saturated rings. The van der Waals surface area contributed by atoms with E-state index in [9.17, 15) is 0 Å². The van der Waals surface area contributed by atoms with E-state index in [1.807, 2.05) is 0 Å². The van der Waals surface area contributed by atoms with Gasteiger partial charge >= 0.3 is 59.1 Å². The molecule has 0 atom stereocenters. The maximum atomic E-state index is 8.66. The molecule has 0 radical (unpaired) electrons. The third kappa shape index (κ3) is 123. The number of phosphoric acid groups is 1. The minimum absolute atomic E-state index is 0. The van der Waals surface area contributed by atoms with Gasteiger partial charge in [0.1, 0.15) is 0 Å². The molecule has 0 aromatic heterocycles. The molecule has 10 heteroatoms. The molecule has 0 amide bonds. The van der Waals surface area contributed by atoms with Crippen molar-refractivity contribution in [2.45, 2.75) is 0 Å². The van der Waals surface area contributed by atoms with Crippen molar-refractivity contribution in [2.75, 3.05) is 0 Å². The van der Waals surface area contributed by atoms with Gasteiger partial charge in [-0.1, -0.05) is 0 Å². The molecule has 0 spiro atoms. The second kappa shape index (κ2) is 17.9. The molecule has 0 saturated heterocycles. The summed E-state index contributed by atoms with van der Waals surface area (Å²) in [4.78, 5) is 24.3. The van der Waals surface area contributed by atoms with Gasteiger partial charge in [-0.2, -0.15) is 0 Å². The summed E-state index contributed by atoms with van der Waals surface area (Å²) >= 11 is 0. The van der Waals surface area contributed by atoms with Gasteiger partial charge in [0.25, 0.3) is 0 Å². The molecule has 10 heavy (non-hydrogen) atoms. The molecule has 0 heterocycles. The molecule has 0 aliphatic carbocycles. The van der Waals surface area contributed by atoms with E-state index in [0.29, 0.717) is 0 Å². The number of halogens is 3. The van der Waals surface area contributed by atoms with Gasteiger partial charge in [0.05, 0.1) is 7.82 Å². The quantitative estimate of drug-likeness (QED) is 0.343. The van der Waals surface area contributed by atoms with Crippen molar-refractivity contribution >= 4 is 45.0 Å². The van der Waals surface area contributed by atoms with E-state index in [0.717, 1.165) is 0 Å². The predicted molar refractivity (Wildman–Crippen MR) is 31.6 cm³/mol. The van der Waals surface area contributed by atoms with Gasteiger partial charge in [-0.25, -0.2) is 0 Å². The third-order valence-electron chi connectivity index (χ3n) is 0. The Morgan fingerprint density at radius 1 is 1.00 bits per heavy atom. The molecule has 0 aliphatic heterocycles. The van der Waals surface area contributed by atoms with E-state index >= 15 is 0 Å². The summed E-state index contributed by atoms with van der Waals surface area (Å²) in [5, 5.41) is 0. The van der Waals surface area contributed by atoms with Crippen molar-refractivity contribution in [1.29, 1.82) is 0 Å². The Balaban J connectivity index is -0.00000000800.